The van der Waals surface area contributed by atoms with Crippen molar-refractivity contribution in [3.63, 3.8) is 0 Å². The first-order valence-electron chi connectivity index (χ1n) is 6.51. The standard InChI is InChI=1S/C16H16ClNO2/c17-15-7-4-12(5-8-15)10-14(16(19)20)6-3-13-2-1-9-18-11-13/h1-2,4-5,7-9,11,14H,3,6,10H2,(H,19,20). The van der Waals surface area contributed by atoms with Crippen LogP contribution >= 0.6 is 11.6 Å². The SMILES string of the molecule is O=C(O)C(CCc1cccnc1)Cc1ccc(Cl)cc1. The second-order valence-corrected chi connectivity index (χ2v) is 5.20. The fraction of sp³-hybridized carbons (Fsp3) is 0.250. The van der Waals surface area contributed by atoms with E-state index in [1.807, 2.05) is 24.3 Å². The molecule has 104 valence electrons. The van der Waals surface area contributed by atoms with E-state index >= 15 is 0 Å². The van der Waals surface area contributed by atoms with Crippen molar-refractivity contribution in [1.29, 1.82) is 0 Å². The number of hydrogen-bond donors (Lipinski definition) is 1. The number of halogens is 1. The number of carboxylic acid groups (broad SMARTS) is 1. The van der Waals surface area contributed by atoms with Crippen molar-refractivity contribution in [2.24, 2.45) is 5.92 Å². The number of rotatable bonds is 6. The molecule has 1 N–H and O–H groups in total. The van der Waals surface area contributed by atoms with E-state index in [2.05, 4.69) is 4.98 Å². The zero-order valence-corrected chi connectivity index (χ0v) is 11.8. The summed E-state index contributed by atoms with van der Waals surface area (Å²) in [6.45, 7) is 0. The van der Waals surface area contributed by atoms with Gasteiger partial charge >= 0.3 is 5.97 Å². The van der Waals surface area contributed by atoms with E-state index in [-0.39, 0.29) is 0 Å². The lowest BCUT2D eigenvalue weighted by molar-refractivity contribution is -0.141. The van der Waals surface area contributed by atoms with Crippen LogP contribution in [-0.2, 0) is 17.6 Å². The van der Waals surface area contributed by atoms with E-state index < -0.39 is 11.9 Å². The predicted octanol–water partition coefficient (Wildman–Crippen LogP) is 3.61. The van der Waals surface area contributed by atoms with E-state index in [9.17, 15) is 9.90 Å². The van der Waals surface area contributed by atoms with Crippen LogP contribution in [0, 0.1) is 5.92 Å². The van der Waals surface area contributed by atoms with Crippen molar-refractivity contribution in [3.05, 3.63) is 64.9 Å². The summed E-state index contributed by atoms with van der Waals surface area (Å²) >= 11 is 5.83. The fourth-order valence-corrected chi connectivity index (χ4v) is 2.23. The minimum Gasteiger partial charge on any atom is -0.481 e. The van der Waals surface area contributed by atoms with Gasteiger partial charge < -0.3 is 5.11 Å². The van der Waals surface area contributed by atoms with Crippen molar-refractivity contribution in [2.45, 2.75) is 19.3 Å². The van der Waals surface area contributed by atoms with Crippen LogP contribution in [0.25, 0.3) is 0 Å². The van der Waals surface area contributed by atoms with Gasteiger partial charge in [-0.05, 0) is 48.6 Å². The van der Waals surface area contributed by atoms with E-state index in [1.165, 1.54) is 0 Å². The second kappa shape index (κ2) is 7.06. The summed E-state index contributed by atoms with van der Waals surface area (Å²) in [5, 5.41) is 9.99. The van der Waals surface area contributed by atoms with Gasteiger partial charge in [-0.25, -0.2) is 0 Å². The molecule has 0 aliphatic carbocycles. The Morgan fingerprint density at radius 1 is 1.20 bits per heavy atom. The molecule has 1 heterocycles. The maximum absolute atomic E-state index is 11.4. The maximum Gasteiger partial charge on any atom is 0.306 e. The van der Waals surface area contributed by atoms with Gasteiger partial charge in [0.2, 0.25) is 0 Å². The van der Waals surface area contributed by atoms with Gasteiger partial charge in [-0.3, -0.25) is 9.78 Å². The molecule has 1 aromatic carbocycles. The first-order valence-corrected chi connectivity index (χ1v) is 6.89. The zero-order chi connectivity index (χ0) is 14.4. The van der Waals surface area contributed by atoms with Gasteiger partial charge in [0.05, 0.1) is 5.92 Å². The number of carboxylic acids is 1. The van der Waals surface area contributed by atoms with Crippen molar-refractivity contribution < 1.29 is 9.90 Å². The molecule has 0 radical (unpaired) electrons. The van der Waals surface area contributed by atoms with Crippen LogP contribution in [0.2, 0.25) is 5.02 Å². The summed E-state index contributed by atoms with van der Waals surface area (Å²) in [5.41, 5.74) is 2.06. The zero-order valence-electron chi connectivity index (χ0n) is 11.0. The number of carbonyl (C=O) groups is 1. The van der Waals surface area contributed by atoms with E-state index in [4.69, 9.17) is 11.6 Å². The molecular weight excluding hydrogens is 274 g/mol. The quantitative estimate of drug-likeness (QED) is 0.884. The Labute approximate surface area is 123 Å². The minimum atomic E-state index is -0.760. The number of aryl methyl sites for hydroxylation is 1. The van der Waals surface area contributed by atoms with Gasteiger partial charge in [-0.2, -0.15) is 0 Å². The molecule has 0 fully saturated rings. The van der Waals surface area contributed by atoms with Crippen molar-refractivity contribution >= 4 is 17.6 Å². The highest BCUT2D eigenvalue weighted by molar-refractivity contribution is 6.30. The lowest BCUT2D eigenvalue weighted by Gasteiger charge is -2.12. The molecule has 0 amide bonds. The van der Waals surface area contributed by atoms with Crippen LogP contribution in [0.15, 0.2) is 48.8 Å². The first kappa shape index (κ1) is 14.5. The third-order valence-electron chi connectivity index (χ3n) is 3.25. The van der Waals surface area contributed by atoms with Crippen LogP contribution in [0.4, 0.5) is 0 Å². The molecule has 2 aromatic rings. The van der Waals surface area contributed by atoms with Crippen LogP contribution in [-0.4, -0.2) is 16.1 Å². The fourth-order valence-electron chi connectivity index (χ4n) is 2.10. The summed E-state index contributed by atoms with van der Waals surface area (Å²) in [4.78, 5) is 15.4. The van der Waals surface area contributed by atoms with Gasteiger partial charge in [0.25, 0.3) is 0 Å². The largest absolute Gasteiger partial charge is 0.481 e. The predicted molar refractivity (Wildman–Crippen MR) is 78.8 cm³/mol. The third-order valence-corrected chi connectivity index (χ3v) is 3.50. The Hall–Kier alpha value is -1.87. The molecule has 1 unspecified atom stereocenters. The van der Waals surface area contributed by atoms with Crippen LogP contribution < -0.4 is 0 Å². The lowest BCUT2D eigenvalue weighted by Crippen LogP contribution is -2.17. The number of nitrogens with zero attached hydrogens (tertiary/aromatic N) is 1. The number of hydrogen-bond acceptors (Lipinski definition) is 2. The molecule has 0 spiro atoms. The van der Waals surface area contributed by atoms with E-state index in [1.54, 1.807) is 24.5 Å². The second-order valence-electron chi connectivity index (χ2n) is 4.77. The molecule has 2 rings (SSSR count). The summed E-state index contributed by atoms with van der Waals surface area (Å²) < 4.78 is 0. The topological polar surface area (TPSA) is 50.2 Å². The third kappa shape index (κ3) is 4.35. The Morgan fingerprint density at radius 3 is 2.55 bits per heavy atom. The Morgan fingerprint density at radius 2 is 1.95 bits per heavy atom. The highest BCUT2D eigenvalue weighted by Gasteiger charge is 2.17. The van der Waals surface area contributed by atoms with Crippen molar-refractivity contribution in [3.8, 4) is 0 Å². The van der Waals surface area contributed by atoms with Crippen molar-refractivity contribution in [1.82, 2.24) is 4.98 Å². The average Bonchev–Trinajstić information content (AvgIpc) is 2.46. The van der Waals surface area contributed by atoms with Crippen LogP contribution in [0.1, 0.15) is 17.5 Å². The maximum atomic E-state index is 11.4. The Kier molecular flexibility index (Phi) is 5.13. The number of aliphatic carboxylic acids is 1. The summed E-state index contributed by atoms with van der Waals surface area (Å²) in [7, 11) is 0. The summed E-state index contributed by atoms with van der Waals surface area (Å²) in [6, 6.07) is 11.2. The van der Waals surface area contributed by atoms with Gasteiger partial charge in [0.15, 0.2) is 0 Å². The normalized spacial score (nSPS) is 12.1. The van der Waals surface area contributed by atoms with Crippen LogP contribution in [0.3, 0.4) is 0 Å². The monoisotopic (exact) mass is 289 g/mol. The van der Waals surface area contributed by atoms with Gasteiger partial charge in [0.1, 0.15) is 0 Å². The molecule has 0 aliphatic rings. The van der Waals surface area contributed by atoms with E-state index in [0.717, 1.165) is 17.5 Å². The molecule has 4 heteroatoms. The molecule has 0 aliphatic heterocycles. The summed E-state index contributed by atoms with van der Waals surface area (Å²) in [6.07, 6.45) is 5.34. The molecule has 1 atom stereocenters. The molecular formula is C16H16ClNO2. The number of aromatic nitrogens is 1. The molecule has 3 nitrogen and oxygen atoms in total. The number of benzene rings is 1. The van der Waals surface area contributed by atoms with Gasteiger partial charge in [0, 0.05) is 17.4 Å². The highest BCUT2D eigenvalue weighted by atomic mass is 35.5. The molecule has 0 saturated heterocycles. The Balaban J connectivity index is 1.97. The van der Waals surface area contributed by atoms with Gasteiger partial charge in [-0.1, -0.05) is 29.8 Å². The minimum absolute atomic E-state index is 0.392. The Bertz CT molecular complexity index is 554. The number of pyridine rings is 1. The lowest BCUT2D eigenvalue weighted by atomic mass is 9.93. The smallest absolute Gasteiger partial charge is 0.306 e. The molecule has 0 saturated carbocycles. The average molecular weight is 290 g/mol. The molecule has 1 aromatic heterocycles. The summed E-state index contributed by atoms with van der Waals surface area (Å²) in [5.74, 6) is -1.15. The first-order chi connectivity index (χ1) is 9.65. The van der Waals surface area contributed by atoms with Crippen LogP contribution in [0.5, 0.6) is 0 Å². The van der Waals surface area contributed by atoms with E-state index in [0.29, 0.717) is 17.9 Å². The highest BCUT2D eigenvalue weighted by Crippen LogP contribution is 2.17. The molecule has 0 bridgehead atoms. The van der Waals surface area contributed by atoms with Gasteiger partial charge in [-0.15, -0.1) is 0 Å². The van der Waals surface area contributed by atoms with Crippen molar-refractivity contribution in [2.75, 3.05) is 0 Å². The molecule has 20 heavy (non-hydrogen) atoms.